The monoisotopic (exact) mass is 181 g/mol. The fourth-order valence-corrected chi connectivity index (χ4v) is 0.479. The van der Waals surface area contributed by atoms with Gasteiger partial charge in [-0.1, -0.05) is 15.9 Å². The lowest BCUT2D eigenvalue weighted by Gasteiger charge is -2.02. The summed E-state index contributed by atoms with van der Waals surface area (Å²) in [4.78, 5) is 10.4. The first-order chi connectivity index (χ1) is 3.72. The Balaban J connectivity index is 3.46. The summed E-state index contributed by atoms with van der Waals surface area (Å²) in [5.74, 6) is -0.387. The van der Waals surface area contributed by atoms with Crippen LogP contribution in [0.25, 0.3) is 0 Å². The highest BCUT2D eigenvalue weighted by Gasteiger charge is 2.09. The number of carbonyl (C=O) groups excluding carboxylic acids is 1. The third-order valence-electron chi connectivity index (χ3n) is 0.670. The third kappa shape index (κ3) is 2.28. The fraction of sp³-hybridized carbons (Fsp3) is 0.750. The fourth-order valence-electron chi connectivity index (χ4n) is 0.214. The van der Waals surface area contributed by atoms with Crippen molar-refractivity contribution in [2.75, 3.05) is 12.4 Å². The van der Waals surface area contributed by atoms with Crippen molar-refractivity contribution in [1.29, 1.82) is 0 Å². The van der Waals surface area contributed by atoms with Crippen LogP contribution in [0.5, 0.6) is 0 Å². The molecule has 0 aromatic rings. The zero-order chi connectivity index (χ0) is 6.57. The second-order valence-electron chi connectivity index (χ2n) is 1.28. The molecule has 0 rings (SSSR count). The van der Waals surface area contributed by atoms with E-state index >= 15 is 0 Å². The molecule has 0 radical (unpaired) electrons. The summed E-state index contributed by atoms with van der Waals surface area (Å²) in [6, 6.07) is -0.528. The van der Waals surface area contributed by atoms with Gasteiger partial charge in [0, 0.05) is 5.33 Å². The van der Waals surface area contributed by atoms with Crippen LogP contribution in [-0.4, -0.2) is 24.5 Å². The van der Waals surface area contributed by atoms with E-state index in [2.05, 4.69) is 20.7 Å². The number of methoxy groups -OCH3 is 1. The van der Waals surface area contributed by atoms with E-state index in [1.165, 1.54) is 7.11 Å². The van der Waals surface area contributed by atoms with Crippen LogP contribution >= 0.6 is 15.9 Å². The van der Waals surface area contributed by atoms with Gasteiger partial charge >= 0.3 is 5.97 Å². The van der Waals surface area contributed by atoms with E-state index in [4.69, 9.17) is 5.73 Å². The van der Waals surface area contributed by atoms with Gasteiger partial charge in [-0.25, -0.2) is 0 Å². The Morgan fingerprint density at radius 2 is 2.50 bits per heavy atom. The molecule has 4 heteroatoms. The number of carbonyl (C=O) groups is 1. The van der Waals surface area contributed by atoms with Gasteiger partial charge in [0.1, 0.15) is 6.04 Å². The van der Waals surface area contributed by atoms with Crippen molar-refractivity contribution in [2.45, 2.75) is 6.04 Å². The van der Waals surface area contributed by atoms with Gasteiger partial charge in [-0.2, -0.15) is 0 Å². The lowest BCUT2D eigenvalue weighted by Crippen LogP contribution is -2.32. The second-order valence-corrected chi connectivity index (χ2v) is 1.93. The first-order valence-electron chi connectivity index (χ1n) is 2.11. The maximum atomic E-state index is 10.4. The third-order valence-corrected chi connectivity index (χ3v) is 1.37. The molecule has 0 unspecified atom stereocenters. The summed E-state index contributed by atoms with van der Waals surface area (Å²) >= 11 is 3.03. The molecule has 0 spiro atoms. The summed E-state index contributed by atoms with van der Waals surface area (Å²) in [5, 5.41) is 0.444. The van der Waals surface area contributed by atoms with Gasteiger partial charge in [-0.05, 0) is 0 Å². The van der Waals surface area contributed by atoms with Crippen LogP contribution in [0, 0.1) is 0 Å². The van der Waals surface area contributed by atoms with E-state index in [0.717, 1.165) is 0 Å². The Morgan fingerprint density at radius 3 is 2.62 bits per heavy atom. The highest BCUT2D eigenvalue weighted by Crippen LogP contribution is 1.88. The summed E-state index contributed by atoms with van der Waals surface area (Å²) in [5.41, 5.74) is 5.21. The van der Waals surface area contributed by atoms with E-state index in [1.807, 2.05) is 0 Å². The van der Waals surface area contributed by atoms with E-state index in [0.29, 0.717) is 5.33 Å². The molecule has 0 aliphatic heterocycles. The topological polar surface area (TPSA) is 52.3 Å². The molecule has 0 aliphatic rings. The number of ether oxygens (including phenoxy) is 1. The van der Waals surface area contributed by atoms with Gasteiger partial charge in [0.15, 0.2) is 0 Å². The van der Waals surface area contributed by atoms with Crippen LogP contribution in [0.2, 0.25) is 0 Å². The summed E-state index contributed by atoms with van der Waals surface area (Å²) in [6.45, 7) is 0. The van der Waals surface area contributed by atoms with Gasteiger partial charge in [0.05, 0.1) is 7.11 Å². The van der Waals surface area contributed by atoms with Crippen LogP contribution in [0.15, 0.2) is 0 Å². The lowest BCUT2D eigenvalue weighted by atomic mass is 10.4. The molecule has 0 bridgehead atoms. The largest absolute Gasteiger partial charge is 0.468 e. The average Bonchev–Trinajstić information content (AvgIpc) is 1.84. The van der Waals surface area contributed by atoms with Crippen LogP contribution in [0.1, 0.15) is 0 Å². The van der Waals surface area contributed by atoms with Gasteiger partial charge in [0.25, 0.3) is 0 Å². The Hall–Kier alpha value is -0.0900. The van der Waals surface area contributed by atoms with Crippen LogP contribution in [0.3, 0.4) is 0 Å². The molecule has 0 fully saturated rings. The van der Waals surface area contributed by atoms with E-state index < -0.39 is 6.04 Å². The highest BCUT2D eigenvalue weighted by molar-refractivity contribution is 9.09. The SMILES string of the molecule is COC(=O)[C@H](N)CBr. The van der Waals surface area contributed by atoms with Crippen molar-refractivity contribution in [3.8, 4) is 0 Å². The molecular formula is C4H8BrNO2. The standard InChI is InChI=1S/C4H8BrNO2/c1-8-4(7)3(6)2-5/h3H,2,6H2,1H3/t3-/m1/s1. The molecule has 0 aromatic heterocycles. The molecule has 0 amide bonds. The predicted molar refractivity (Wildman–Crippen MR) is 33.8 cm³/mol. The van der Waals surface area contributed by atoms with Gasteiger partial charge < -0.3 is 10.5 Å². The zero-order valence-electron chi connectivity index (χ0n) is 4.56. The second kappa shape index (κ2) is 3.86. The Labute approximate surface area is 56.3 Å². The molecule has 48 valence electrons. The number of esters is 1. The number of alkyl halides is 1. The Bertz CT molecular complexity index is 86.1. The first-order valence-corrected chi connectivity index (χ1v) is 3.24. The van der Waals surface area contributed by atoms with Crippen molar-refractivity contribution >= 4 is 21.9 Å². The molecule has 2 N–H and O–H groups in total. The van der Waals surface area contributed by atoms with Crippen molar-refractivity contribution < 1.29 is 9.53 Å². The minimum Gasteiger partial charge on any atom is -0.468 e. The van der Waals surface area contributed by atoms with Crippen molar-refractivity contribution in [1.82, 2.24) is 0 Å². The summed E-state index contributed by atoms with van der Waals surface area (Å²) < 4.78 is 4.31. The summed E-state index contributed by atoms with van der Waals surface area (Å²) in [7, 11) is 1.31. The lowest BCUT2D eigenvalue weighted by molar-refractivity contribution is -0.141. The van der Waals surface area contributed by atoms with E-state index in [9.17, 15) is 4.79 Å². The average molecular weight is 182 g/mol. The molecule has 8 heavy (non-hydrogen) atoms. The number of halogens is 1. The maximum Gasteiger partial charge on any atom is 0.323 e. The molecule has 0 heterocycles. The number of hydrogen-bond donors (Lipinski definition) is 1. The minimum absolute atomic E-state index is 0.387. The van der Waals surface area contributed by atoms with Crippen molar-refractivity contribution in [2.24, 2.45) is 5.73 Å². The van der Waals surface area contributed by atoms with Crippen LogP contribution in [-0.2, 0) is 9.53 Å². The molecular weight excluding hydrogens is 174 g/mol. The molecule has 0 aliphatic carbocycles. The number of nitrogens with two attached hydrogens (primary N) is 1. The van der Waals surface area contributed by atoms with Crippen LogP contribution in [0.4, 0.5) is 0 Å². The summed E-state index contributed by atoms with van der Waals surface area (Å²) in [6.07, 6.45) is 0. The van der Waals surface area contributed by atoms with Gasteiger partial charge in [-0.3, -0.25) is 4.79 Å². The number of rotatable bonds is 2. The molecule has 3 nitrogen and oxygen atoms in total. The predicted octanol–water partition coefficient (Wildman–Crippen LogP) is -0.118. The quantitative estimate of drug-likeness (QED) is 0.478. The van der Waals surface area contributed by atoms with Gasteiger partial charge in [-0.15, -0.1) is 0 Å². The first kappa shape index (κ1) is 7.91. The van der Waals surface area contributed by atoms with E-state index in [1.54, 1.807) is 0 Å². The van der Waals surface area contributed by atoms with Gasteiger partial charge in [0.2, 0.25) is 0 Å². The molecule has 0 saturated heterocycles. The van der Waals surface area contributed by atoms with Crippen molar-refractivity contribution in [3.05, 3.63) is 0 Å². The molecule has 0 aromatic carbocycles. The zero-order valence-corrected chi connectivity index (χ0v) is 6.14. The van der Waals surface area contributed by atoms with Crippen molar-refractivity contribution in [3.63, 3.8) is 0 Å². The number of hydrogen-bond acceptors (Lipinski definition) is 3. The molecule has 0 saturated carbocycles. The normalized spacial score (nSPS) is 12.9. The van der Waals surface area contributed by atoms with Crippen LogP contribution < -0.4 is 5.73 Å². The Kier molecular flexibility index (Phi) is 3.81. The Morgan fingerprint density at radius 1 is 2.00 bits per heavy atom. The smallest absolute Gasteiger partial charge is 0.323 e. The highest BCUT2D eigenvalue weighted by atomic mass is 79.9. The molecule has 1 atom stereocenters. The maximum absolute atomic E-state index is 10.4. The minimum atomic E-state index is -0.528. The van der Waals surface area contributed by atoms with E-state index in [-0.39, 0.29) is 5.97 Å².